The minimum Gasteiger partial charge on any atom is -0.302 e. The smallest absolute Gasteiger partial charge is 0.129 e. The Morgan fingerprint density at radius 2 is 2.25 bits per heavy atom. The van der Waals surface area contributed by atoms with Crippen LogP contribution in [-0.2, 0) is 11.3 Å². The molecule has 1 aromatic rings. The molecule has 16 heavy (non-hydrogen) atoms. The zero-order valence-electron chi connectivity index (χ0n) is 10.1. The first-order chi connectivity index (χ1) is 7.68. The Labute approximate surface area is 97.5 Å². The van der Waals surface area contributed by atoms with Crippen molar-refractivity contribution in [1.29, 1.82) is 0 Å². The van der Waals surface area contributed by atoms with Crippen molar-refractivity contribution in [2.24, 2.45) is 0 Å². The van der Waals surface area contributed by atoms with Gasteiger partial charge in [-0.25, -0.2) is 0 Å². The highest BCUT2D eigenvalue weighted by Gasteiger charge is 2.00. The van der Waals surface area contributed by atoms with E-state index in [-0.39, 0.29) is 5.78 Å². The van der Waals surface area contributed by atoms with Crippen LogP contribution in [0.15, 0.2) is 24.5 Å². The summed E-state index contributed by atoms with van der Waals surface area (Å²) in [7, 11) is 2.10. The Hall–Kier alpha value is -1.22. The molecule has 0 spiro atoms. The zero-order chi connectivity index (χ0) is 11.8. The van der Waals surface area contributed by atoms with Gasteiger partial charge in [0.05, 0.1) is 0 Å². The Bertz CT molecular complexity index is 311. The molecule has 0 aliphatic rings. The monoisotopic (exact) mass is 220 g/mol. The number of hydrogen-bond donors (Lipinski definition) is 0. The van der Waals surface area contributed by atoms with Crippen molar-refractivity contribution < 1.29 is 4.79 Å². The number of carbonyl (C=O) groups excluding carboxylic acids is 1. The third kappa shape index (κ3) is 5.61. The van der Waals surface area contributed by atoms with Gasteiger partial charge in [0.25, 0.3) is 0 Å². The Balaban J connectivity index is 2.16. The number of rotatable bonds is 7. The third-order valence-corrected chi connectivity index (χ3v) is 2.49. The predicted molar refractivity (Wildman–Crippen MR) is 65.1 cm³/mol. The summed E-state index contributed by atoms with van der Waals surface area (Å²) in [5.74, 6) is 0.287. The largest absolute Gasteiger partial charge is 0.302 e. The summed E-state index contributed by atoms with van der Waals surface area (Å²) in [6.07, 6.45) is 6.46. The van der Waals surface area contributed by atoms with Crippen molar-refractivity contribution in [3.8, 4) is 0 Å². The van der Waals surface area contributed by atoms with Gasteiger partial charge in [0.2, 0.25) is 0 Å². The van der Waals surface area contributed by atoms with Gasteiger partial charge in [0, 0.05) is 25.4 Å². The fourth-order valence-electron chi connectivity index (χ4n) is 1.64. The van der Waals surface area contributed by atoms with Crippen LogP contribution in [0.1, 0.15) is 31.7 Å². The lowest BCUT2D eigenvalue weighted by molar-refractivity contribution is -0.117. The molecule has 0 unspecified atom stereocenters. The van der Waals surface area contributed by atoms with E-state index < -0.39 is 0 Å². The molecule has 0 bridgehead atoms. The molecule has 0 radical (unpaired) electrons. The van der Waals surface area contributed by atoms with Gasteiger partial charge >= 0.3 is 0 Å². The normalized spacial score (nSPS) is 10.7. The lowest BCUT2D eigenvalue weighted by Crippen LogP contribution is -2.19. The molecular weight excluding hydrogens is 200 g/mol. The van der Waals surface area contributed by atoms with Gasteiger partial charge in [0.1, 0.15) is 5.78 Å². The molecule has 0 fully saturated rings. The maximum absolute atomic E-state index is 10.8. The van der Waals surface area contributed by atoms with Crippen molar-refractivity contribution in [2.45, 2.75) is 32.7 Å². The molecule has 1 heterocycles. The van der Waals surface area contributed by atoms with Crippen molar-refractivity contribution in [1.82, 2.24) is 9.88 Å². The number of nitrogens with zero attached hydrogens (tertiary/aromatic N) is 2. The molecule has 0 saturated heterocycles. The number of unbranched alkanes of at least 4 members (excludes halogenated alkanes) is 1. The maximum atomic E-state index is 10.8. The van der Waals surface area contributed by atoms with Gasteiger partial charge in [-0.1, -0.05) is 6.07 Å². The van der Waals surface area contributed by atoms with Crippen LogP contribution in [0.2, 0.25) is 0 Å². The number of carbonyl (C=O) groups is 1. The highest BCUT2D eigenvalue weighted by molar-refractivity contribution is 5.75. The summed E-state index contributed by atoms with van der Waals surface area (Å²) >= 11 is 0. The van der Waals surface area contributed by atoms with Crippen LogP contribution in [0.4, 0.5) is 0 Å². The number of Topliss-reactive ketones (excluding diaryl/α,β-unsaturated/α-hetero) is 1. The van der Waals surface area contributed by atoms with Gasteiger partial charge in [-0.3, -0.25) is 4.98 Å². The summed E-state index contributed by atoms with van der Waals surface area (Å²) in [4.78, 5) is 17.1. The standard InChI is InChI=1S/C13H20N2O/c1-12(16)6-3-4-9-15(2)11-13-7-5-8-14-10-13/h5,7-8,10H,3-4,6,9,11H2,1-2H3. The summed E-state index contributed by atoms with van der Waals surface area (Å²) < 4.78 is 0. The second kappa shape index (κ2) is 7.12. The number of ketones is 1. The first-order valence-electron chi connectivity index (χ1n) is 5.75. The Morgan fingerprint density at radius 1 is 1.44 bits per heavy atom. The average molecular weight is 220 g/mol. The number of pyridine rings is 1. The maximum Gasteiger partial charge on any atom is 0.129 e. The second-order valence-electron chi connectivity index (χ2n) is 4.26. The van der Waals surface area contributed by atoms with Crippen molar-refractivity contribution in [3.63, 3.8) is 0 Å². The molecule has 1 rings (SSSR count). The van der Waals surface area contributed by atoms with E-state index in [2.05, 4.69) is 23.0 Å². The molecule has 88 valence electrons. The third-order valence-electron chi connectivity index (χ3n) is 2.49. The van der Waals surface area contributed by atoms with Crippen molar-refractivity contribution in [2.75, 3.05) is 13.6 Å². The zero-order valence-corrected chi connectivity index (χ0v) is 10.1. The fraction of sp³-hybridized carbons (Fsp3) is 0.538. The van der Waals surface area contributed by atoms with Crippen molar-refractivity contribution in [3.05, 3.63) is 30.1 Å². The summed E-state index contributed by atoms with van der Waals surface area (Å²) in [6.45, 7) is 3.61. The van der Waals surface area contributed by atoms with E-state index in [0.29, 0.717) is 6.42 Å². The van der Waals surface area contributed by atoms with Gasteiger partial charge in [0.15, 0.2) is 0 Å². The van der Waals surface area contributed by atoms with Gasteiger partial charge < -0.3 is 9.69 Å². The van der Waals surface area contributed by atoms with Crippen LogP contribution in [0.5, 0.6) is 0 Å². The van der Waals surface area contributed by atoms with Crippen LogP contribution in [0.25, 0.3) is 0 Å². The molecule has 0 aromatic carbocycles. The molecule has 0 saturated carbocycles. The predicted octanol–water partition coefficient (Wildman–Crippen LogP) is 2.27. The first kappa shape index (κ1) is 12.8. The van der Waals surface area contributed by atoms with E-state index in [9.17, 15) is 4.79 Å². The van der Waals surface area contributed by atoms with Gasteiger partial charge in [-0.15, -0.1) is 0 Å². The highest BCUT2D eigenvalue weighted by Crippen LogP contribution is 2.03. The van der Waals surface area contributed by atoms with Crippen LogP contribution in [0, 0.1) is 0 Å². The van der Waals surface area contributed by atoms with Crippen LogP contribution in [0.3, 0.4) is 0 Å². The second-order valence-corrected chi connectivity index (χ2v) is 4.26. The topological polar surface area (TPSA) is 33.2 Å². The van der Waals surface area contributed by atoms with Gasteiger partial charge in [-0.2, -0.15) is 0 Å². The average Bonchev–Trinajstić information content (AvgIpc) is 2.25. The molecule has 1 aromatic heterocycles. The molecular formula is C13H20N2O. The first-order valence-corrected chi connectivity index (χ1v) is 5.75. The fourth-order valence-corrected chi connectivity index (χ4v) is 1.64. The van der Waals surface area contributed by atoms with Crippen LogP contribution < -0.4 is 0 Å². The Morgan fingerprint density at radius 3 is 2.88 bits per heavy atom. The summed E-state index contributed by atoms with van der Waals surface area (Å²) in [5, 5.41) is 0. The van der Waals surface area contributed by atoms with E-state index in [0.717, 1.165) is 25.9 Å². The SMILES string of the molecule is CC(=O)CCCCN(C)Cc1cccnc1. The van der Waals surface area contributed by atoms with Crippen molar-refractivity contribution >= 4 is 5.78 Å². The molecule has 3 nitrogen and oxygen atoms in total. The Kier molecular flexibility index (Phi) is 5.72. The minimum atomic E-state index is 0.287. The number of hydrogen-bond acceptors (Lipinski definition) is 3. The van der Waals surface area contributed by atoms with Gasteiger partial charge in [-0.05, 0) is 45.0 Å². The van der Waals surface area contributed by atoms with Crippen LogP contribution in [-0.4, -0.2) is 29.3 Å². The molecule has 0 N–H and O–H groups in total. The molecule has 0 aliphatic heterocycles. The van der Waals surface area contributed by atoms with Crippen LogP contribution >= 0.6 is 0 Å². The molecule has 0 aliphatic carbocycles. The lowest BCUT2D eigenvalue weighted by Gasteiger charge is -2.15. The summed E-state index contributed by atoms with van der Waals surface area (Å²) in [5.41, 5.74) is 1.23. The minimum absolute atomic E-state index is 0.287. The number of aromatic nitrogens is 1. The van der Waals surface area contributed by atoms with E-state index in [1.54, 1.807) is 13.1 Å². The highest BCUT2D eigenvalue weighted by atomic mass is 16.1. The van der Waals surface area contributed by atoms with E-state index in [1.807, 2.05) is 12.3 Å². The lowest BCUT2D eigenvalue weighted by atomic mass is 10.2. The summed E-state index contributed by atoms with van der Waals surface area (Å²) in [6, 6.07) is 4.04. The van der Waals surface area contributed by atoms with E-state index in [4.69, 9.17) is 0 Å². The molecule has 0 atom stereocenters. The molecule has 3 heteroatoms. The van der Waals surface area contributed by atoms with E-state index >= 15 is 0 Å². The quantitative estimate of drug-likeness (QED) is 0.661. The molecule has 0 amide bonds. The van der Waals surface area contributed by atoms with E-state index in [1.165, 1.54) is 5.56 Å².